The first-order valence-corrected chi connectivity index (χ1v) is 7.53. The minimum atomic E-state index is 0.598. The van der Waals surface area contributed by atoms with Crippen molar-refractivity contribution in [2.75, 3.05) is 18.0 Å². The number of imidazole rings is 1. The summed E-state index contributed by atoms with van der Waals surface area (Å²) in [5.74, 6) is 0. The fraction of sp³-hybridized carbons (Fsp3) is 0.200. The lowest BCUT2D eigenvalue weighted by molar-refractivity contribution is 0.617. The maximum atomic E-state index is 6.30. The molecule has 4 rings (SSSR count). The van der Waals surface area contributed by atoms with Crippen LogP contribution in [-0.2, 0) is 0 Å². The molecule has 0 aliphatic carbocycles. The predicted octanol–water partition coefficient (Wildman–Crippen LogP) is 3.91. The highest BCUT2D eigenvalue weighted by Gasteiger charge is 2.20. The number of rotatable bonds is 2. The van der Waals surface area contributed by atoms with Crippen molar-refractivity contribution in [2.45, 2.75) is 6.42 Å². The van der Waals surface area contributed by atoms with E-state index in [1.54, 1.807) is 18.5 Å². The van der Waals surface area contributed by atoms with Gasteiger partial charge in [-0.3, -0.25) is 0 Å². The highest BCUT2D eigenvalue weighted by Crippen LogP contribution is 2.32. The molecule has 0 unspecified atom stereocenters. The van der Waals surface area contributed by atoms with Crippen LogP contribution in [-0.4, -0.2) is 27.7 Å². The molecule has 6 heteroatoms. The van der Waals surface area contributed by atoms with E-state index in [1.165, 1.54) is 6.42 Å². The third-order valence-corrected chi connectivity index (χ3v) is 4.33. The number of fused-ring (bicyclic) bond motifs is 1. The van der Waals surface area contributed by atoms with E-state index >= 15 is 0 Å². The van der Waals surface area contributed by atoms with Gasteiger partial charge in [0.15, 0.2) is 5.65 Å². The summed E-state index contributed by atoms with van der Waals surface area (Å²) in [6, 6.07) is 7.46. The monoisotopic (exact) mass is 318 g/mol. The fourth-order valence-electron chi connectivity index (χ4n) is 2.57. The normalized spacial score (nSPS) is 14.5. The van der Waals surface area contributed by atoms with Gasteiger partial charge in [-0.25, -0.2) is 9.50 Å². The largest absolute Gasteiger partial charge is 0.368 e. The molecule has 0 N–H and O–H groups in total. The highest BCUT2D eigenvalue weighted by atomic mass is 35.5. The smallest absolute Gasteiger partial charge is 0.177 e. The lowest BCUT2D eigenvalue weighted by atomic mass is 10.2. The van der Waals surface area contributed by atoms with Gasteiger partial charge in [0.1, 0.15) is 0 Å². The van der Waals surface area contributed by atoms with Crippen LogP contribution in [0.1, 0.15) is 6.42 Å². The Morgan fingerprint density at radius 1 is 1.10 bits per heavy atom. The molecule has 0 amide bonds. The molecule has 4 nitrogen and oxygen atoms in total. The van der Waals surface area contributed by atoms with E-state index in [9.17, 15) is 0 Å². The van der Waals surface area contributed by atoms with Crippen molar-refractivity contribution >= 4 is 34.5 Å². The highest BCUT2D eigenvalue weighted by molar-refractivity contribution is 6.36. The molecule has 106 valence electrons. The van der Waals surface area contributed by atoms with Gasteiger partial charge in [0, 0.05) is 23.7 Å². The van der Waals surface area contributed by atoms with E-state index < -0.39 is 0 Å². The molecule has 1 aromatic carbocycles. The molecule has 2 aromatic heterocycles. The van der Waals surface area contributed by atoms with Gasteiger partial charge in [0.25, 0.3) is 0 Å². The van der Waals surface area contributed by atoms with Crippen LogP contribution in [0.4, 0.5) is 5.69 Å². The topological polar surface area (TPSA) is 33.4 Å². The minimum Gasteiger partial charge on any atom is -0.368 e. The van der Waals surface area contributed by atoms with Crippen LogP contribution in [0, 0.1) is 0 Å². The summed E-state index contributed by atoms with van der Waals surface area (Å²) in [5, 5.41) is 5.63. The Morgan fingerprint density at radius 2 is 1.95 bits per heavy atom. The zero-order valence-corrected chi connectivity index (χ0v) is 12.6. The molecule has 0 atom stereocenters. The molecule has 0 bridgehead atoms. The Morgan fingerprint density at radius 3 is 2.67 bits per heavy atom. The standard InChI is InChI=1S/C15H12Cl2N4/c16-10-2-3-11(12(17)8-10)14-9-18-15-13(20-6-1-7-20)4-5-19-21(14)15/h2-5,8-9H,1,6-7H2. The maximum absolute atomic E-state index is 6.30. The number of hydrogen-bond acceptors (Lipinski definition) is 3. The Balaban J connectivity index is 1.90. The van der Waals surface area contributed by atoms with Crippen LogP contribution in [0.15, 0.2) is 36.7 Å². The first-order valence-electron chi connectivity index (χ1n) is 6.77. The molecule has 1 saturated heterocycles. The number of anilines is 1. The van der Waals surface area contributed by atoms with Crippen molar-refractivity contribution in [1.29, 1.82) is 0 Å². The van der Waals surface area contributed by atoms with E-state index in [0.29, 0.717) is 10.0 Å². The zero-order valence-electron chi connectivity index (χ0n) is 11.1. The van der Waals surface area contributed by atoms with Crippen LogP contribution in [0.5, 0.6) is 0 Å². The second-order valence-electron chi connectivity index (χ2n) is 5.06. The van der Waals surface area contributed by atoms with Gasteiger partial charge in [0.2, 0.25) is 0 Å². The van der Waals surface area contributed by atoms with Gasteiger partial charge in [-0.05, 0) is 30.7 Å². The Labute approximate surface area is 131 Å². The fourth-order valence-corrected chi connectivity index (χ4v) is 3.07. The van der Waals surface area contributed by atoms with Crippen molar-refractivity contribution < 1.29 is 0 Å². The number of aromatic nitrogens is 3. The quantitative estimate of drug-likeness (QED) is 0.718. The van der Waals surface area contributed by atoms with E-state index in [-0.39, 0.29) is 0 Å². The van der Waals surface area contributed by atoms with Crippen LogP contribution >= 0.6 is 23.2 Å². The van der Waals surface area contributed by atoms with E-state index in [4.69, 9.17) is 23.2 Å². The number of halogens is 2. The van der Waals surface area contributed by atoms with Crippen molar-refractivity contribution in [3.63, 3.8) is 0 Å². The van der Waals surface area contributed by atoms with Gasteiger partial charge in [-0.2, -0.15) is 5.10 Å². The molecule has 0 spiro atoms. The average Bonchev–Trinajstić information content (AvgIpc) is 2.82. The SMILES string of the molecule is Clc1ccc(-c2cnc3c(N4CCC4)ccnn23)c(Cl)c1. The summed E-state index contributed by atoms with van der Waals surface area (Å²) in [5.41, 5.74) is 3.72. The van der Waals surface area contributed by atoms with Crippen molar-refractivity contribution in [2.24, 2.45) is 0 Å². The maximum Gasteiger partial charge on any atom is 0.177 e. The average molecular weight is 319 g/mol. The van der Waals surface area contributed by atoms with E-state index in [2.05, 4.69) is 15.0 Å². The van der Waals surface area contributed by atoms with Gasteiger partial charge in [0.05, 0.1) is 28.8 Å². The summed E-state index contributed by atoms with van der Waals surface area (Å²) in [6.07, 6.45) is 4.83. The third-order valence-electron chi connectivity index (χ3n) is 3.79. The van der Waals surface area contributed by atoms with Crippen LogP contribution in [0.3, 0.4) is 0 Å². The number of nitrogens with zero attached hydrogens (tertiary/aromatic N) is 4. The lowest BCUT2D eigenvalue weighted by Gasteiger charge is -2.32. The number of hydrogen-bond donors (Lipinski definition) is 0. The molecule has 3 aromatic rings. The molecule has 0 saturated carbocycles. The Kier molecular flexibility index (Phi) is 3.01. The number of benzene rings is 1. The minimum absolute atomic E-state index is 0.598. The van der Waals surface area contributed by atoms with Crippen molar-refractivity contribution in [3.8, 4) is 11.3 Å². The van der Waals surface area contributed by atoms with Gasteiger partial charge >= 0.3 is 0 Å². The second kappa shape index (κ2) is 4.90. The second-order valence-corrected chi connectivity index (χ2v) is 5.90. The van der Waals surface area contributed by atoms with Gasteiger partial charge in [-0.15, -0.1) is 0 Å². The Hall–Kier alpha value is -1.78. The van der Waals surface area contributed by atoms with Crippen molar-refractivity contribution in [3.05, 3.63) is 46.7 Å². The lowest BCUT2D eigenvalue weighted by Crippen LogP contribution is -2.37. The molecule has 1 fully saturated rings. The van der Waals surface area contributed by atoms with Crippen LogP contribution in [0.2, 0.25) is 10.0 Å². The first-order chi connectivity index (χ1) is 10.2. The molecule has 21 heavy (non-hydrogen) atoms. The molecule has 3 heterocycles. The molecule has 1 aliphatic rings. The Bertz CT molecular complexity index is 824. The van der Waals surface area contributed by atoms with E-state index in [1.807, 2.05) is 22.7 Å². The van der Waals surface area contributed by atoms with Gasteiger partial charge < -0.3 is 4.90 Å². The summed E-state index contributed by atoms with van der Waals surface area (Å²) in [4.78, 5) is 6.83. The summed E-state index contributed by atoms with van der Waals surface area (Å²) in [6.45, 7) is 2.15. The third kappa shape index (κ3) is 2.06. The molecule has 0 radical (unpaired) electrons. The summed E-state index contributed by atoms with van der Waals surface area (Å²) >= 11 is 12.3. The summed E-state index contributed by atoms with van der Waals surface area (Å²) in [7, 11) is 0. The molecular formula is C15H12Cl2N4. The van der Waals surface area contributed by atoms with Crippen molar-refractivity contribution in [1.82, 2.24) is 14.6 Å². The summed E-state index contributed by atoms with van der Waals surface area (Å²) < 4.78 is 1.84. The van der Waals surface area contributed by atoms with Gasteiger partial charge in [-0.1, -0.05) is 23.2 Å². The molecular weight excluding hydrogens is 307 g/mol. The van der Waals surface area contributed by atoms with E-state index in [0.717, 1.165) is 35.7 Å². The first kappa shape index (κ1) is 12.9. The van der Waals surface area contributed by atoms with Crippen LogP contribution in [0.25, 0.3) is 16.9 Å². The predicted molar refractivity (Wildman–Crippen MR) is 85.3 cm³/mol. The zero-order chi connectivity index (χ0) is 14.4. The molecule has 1 aliphatic heterocycles. The van der Waals surface area contributed by atoms with Crippen LogP contribution < -0.4 is 4.90 Å².